The van der Waals surface area contributed by atoms with E-state index in [0.717, 1.165) is 50.0 Å². The van der Waals surface area contributed by atoms with Crippen molar-refractivity contribution < 1.29 is 58.4 Å². The first kappa shape index (κ1) is 73.1. The third-order valence-electron chi connectivity index (χ3n) is 5.55. The summed E-state index contributed by atoms with van der Waals surface area (Å²) in [6.07, 6.45) is 11.5. The summed E-state index contributed by atoms with van der Waals surface area (Å²) < 4.78 is 74.7. The summed E-state index contributed by atoms with van der Waals surface area (Å²) in [6.45, 7) is 12.0. The molecule has 0 atom stereocenters. The molecule has 314 valence electrons. The minimum Gasteiger partial charge on any atom is -0.400 e. The summed E-state index contributed by atoms with van der Waals surface area (Å²) in [5.74, 6) is 4.30. The molecule has 0 spiro atoms. The fourth-order valence-electron chi connectivity index (χ4n) is 2.66. The number of rotatable bonds is 22. The quantitative estimate of drug-likeness (QED) is 0.0593. The van der Waals surface area contributed by atoms with Gasteiger partial charge in [-0.2, -0.15) is 37.0 Å². The smallest absolute Gasteiger partial charge is 0.400 e. The van der Waals surface area contributed by atoms with E-state index in [-0.39, 0.29) is 0 Å². The van der Waals surface area contributed by atoms with Gasteiger partial charge < -0.3 is 49.4 Å². The Kier molecular flexibility index (Phi) is 109. The van der Waals surface area contributed by atoms with E-state index in [2.05, 4.69) is 52.6 Å². The van der Waals surface area contributed by atoms with Gasteiger partial charge in [-0.3, -0.25) is 8.92 Å². The zero-order valence-corrected chi connectivity index (χ0v) is 43.9. The van der Waals surface area contributed by atoms with Crippen molar-refractivity contribution in [2.24, 2.45) is 0 Å². The van der Waals surface area contributed by atoms with Gasteiger partial charge in [-0.1, -0.05) is 46.1 Å². The van der Waals surface area contributed by atoms with Crippen molar-refractivity contribution in [3.8, 4) is 0 Å². The summed E-state index contributed by atoms with van der Waals surface area (Å²) in [4.78, 5) is 0. The van der Waals surface area contributed by atoms with Crippen LogP contribution in [0.15, 0.2) is 12.7 Å². The van der Waals surface area contributed by atoms with E-state index in [1.54, 1.807) is 56.9 Å². The molecule has 0 saturated carbocycles. The number of aliphatic hydroxyl groups is 1. The normalized spacial score (nSPS) is 9.27. The lowest BCUT2D eigenvalue weighted by Crippen LogP contribution is -2.42. The Morgan fingerprint density at radius 1 is 0.667 bits per heavy atom. The fourth-order valence-corrected chi connectivity index (χ4v) is 7.96. The fraction of sp³-hybridized carbons (Fsp3) is 0.931. The number of allylic oxidation sites excluding steroid dienone is 1. The molecular weight excluding hydrogens is 821 g/mol. The molecule has 0 unspecified atom stereocenters. The number of thioether (sulfide) groups is 1. The van der Waals surface area contributed by atoms with Gasteiger partial charge in [0, 0.05) is 76.1 Å². The molecule has 0 aliphatic carbocycles. The van der Waals surface area contributed by atoms with Gasteiger partial charge in [0.25, 0.3) is 0 Å². The van der Waals surface area contributed by atoms with E-state index >= 15 is 0 Å². The predicted octanol–water partition coefficient (Wildman–Crippen LogP) is 4.71. The van der Waals surface area contributed by atoms with Gasteiger partial charge >= 0.3 is 36.2 Å². The molecule has 0 radical (unpaired) electrons. The molecular formula is C29H78O13S3Si6. The molecule has 0 aliphatic rings. The molecule has 0 heterocycles. The van der Waals surface area contributed by atoms with Crippen molar-refractivity contribution in [1.29, 1.82) is 0 Å². The molecule has 0 bridgehead atoms. The first-order valence-electron chi connectivity index (χ1n) is 16.3. The molecule has 0 rings (SSSR count). The number of hydrogen-bond donors (Lipinski definition) is 3. The van der Waals surface area contributed by atoms with Gasteiger partial charge in [0.2, 0.25) is 20.3 Å². The maximum absolute atomic E-state index is 8.40. The first-order chi connectivity index (χ1) is 24.5. The molecule has 0 aromatic carbocycles. The average molecular weight is 900 g/mol. The zero-order valence-electron chi connectivity index (χ0n) is 34.3. The second kappa shape index (κ2) is 75.8. The van der Waals surface area contributed by atoms with Crippen LogP contribution in [0.1, 0.15) is 72.1 Å². The highest BCUT2D eigenvalue weighted by Gasteiger charge is 2.37. The van der Waals surface area contributed by atoms with E-state index in [0.29, 0.717) is 20.3 Å². The summed E-state index contributed by atoms with van der Waals surface area (Å²) in [7, 11) is 8.28. The maximum atomic E-state index is 8.40. The number of thiol groups is 2. The first-order valence-corrected chi connectivity index (χ1v) is 26.7. The second-order valence-corrected chi connectivity index (χ2v) is 19.3. The largest absolute Gasteiger partial charge is 0.549 e. The van der Waals surface area contributed by atoms with E-state index in [4.69, 9.17) is 58.4 Å². The van der Waals surface area contributed by atoms with Gasteiger partial charge in [-0.25, -0.2) is 0 Å². The molecule has 0 aliphatic heterocycles. The molecule has 0 amide bonds. The standard InChI is InChI=1S/C11H26O3SSi.C6H16O3SSi.C5H10.C3H10O2Si.C3H8S.CH4O.O2Si.2H2OSi/c1-5-6-7-9-15-10-8-11-16(12-2,13-3)14-4;1-7-11(8-2,9-3)6-4-5-10;1-3-5-4-2;1-4-6(3)5-2;1-2-3-4;1-2;1-3-2;2*1-2/h5-11H2,1-4H3;10H,4-6H2,1-3H3;3H,1,4-5H2,2H3;6H,1-3H3;4H,2-3H2,1H3;2H,1H3;;2*2H2. The van der Waals surface area contributed by atoms with E-state index in [9.17, 15) is 0 Å². The number of aliphatic hydroxyl groups excluding tert-OH is 1. The van der Waals surface area contributed by atoms with Crippen LogP contribution in [0, 0.1) is 0 Å². The van der Waals surface area contributed by atoms with Crippen LogP contribution in [0.3, 0.4) is 0 Å². The lowest BCUT2D eigenvalue weighted by molar-refractivity contribution is 0.123. The summed E-state index contributed by atoms with van der Waals surface area (Å²) in [5, 5.41) is 7.00. The molecule has 0 aromatic rings. The Morgan fingerprint density at radius 3 is 1.20 bits per heavy atom. The van der Waals surface area contributed by atoms with Crippen LogP contribution in [0.25, 0.3) is 0 Å². The maximum Gasteiger partial charge on any atom is 0.549 e. The van der Waals surface area contributed by atoms with E-state index < -0.39 is 36.2 Å². The summed E-state index contributed by atoms with van der Waals surface area (Å²) in [6, 6.07) is 1.75. The molecule has 1 N–H and O–H groups in total. The third kappa shape index (κ3) is 72.8. The molecule has 13 nitrogen and oxygen atoms in total. The molecule has 0 aromatic heterocycles. The second-order valence-electron chi connectivity index (χ2n) is 8.76. The predicted molar refractivity (Wildman–Crippen MR) is 233 cm³/mol. The highest BCUT2D eigenvalue weighted by molar-refractivity contribution is 7.99. The third-order valence-corrected chi connectivity index (χ3v) is 14.5. The van der Waals surface area contributed by atoms with Gasteiger partial charge in [0.05, 0.1) is 0 Å². The monoisotopic (exact) mass is 898 g/mol. The van der Waals surface area contributed by atoms with Crippen LogP contribution in [0.2, 0.25) is 18.6 Å². The van der Waals surface area contributed by atoms with Crippen LogP contribution in [-0.2, 0) is 53.3 Å². The van der Waals surface area contributed by atoms with E-state index in [1.165, 1.54) is 43.6 Å². The lowest BCUT2D eigenvalue weighted by atomic mass is 10.3. The Labute approximate surface area is 340 Å². The van der Waals surface area contributed by atoms with Crippen molar-refractivity contribution in [2.75, 3.05) is 87.0 Å². The highest BCUT2D eigenvalue weighted by Crippen LogP contribution is 2.18. The number of unbranched alkanes of at least 4 members (excludes halogenated alkanes) is 3. The topological polar surface area (TPSA) is 162 Å². The van der Waals surface area contributed by atoms with E-state index in [1.807, 2.05) is 24.4 Å². The molecule has 0 saturated heterocycles. The van der Waals surface area contributed by atoms with Crippen LogP contribution < -0.4 is 0 Å². The lowest BCUT2D eigenvalue weighted by Gasteiger charge is -2.24. The Balaban J connectivity index is -0.0000000626. The SMILES string of the molecule is C=CCCC.CCCCCSCCC[Si](OC)(OC)OC.CCCS.CO.CO[SiH](C)OC.CO[Si](CCCS)(OC)OC.O=[SiH2].O=[SiH2].O=[Si]=O. The van der Waals surface area contributed by atoms with Crippen molar-refractivity contribution >= 4 is 93.5 Å². The van der Waals surface area contributed by atoms with Crippen LogP contribution in [0.4, 0.5) is 0 Å². The molecule has 51 heavy (non-hydrogen) atoms. The average Bonchev–Trinajstić information content (AvgIpc) is 3.20. The minimum absolute atomic E-state index is 0.611. The van der Waals surface area contributed by atoms with Gasteiger partial charge in [-0.05, 0) is 61.7 Å². The van der Waals surface area contributed by atoms with Gasteiger partial charge in [0.15, 0.2) is 0 Å². The summed E-state index contributed by atoms with van der Waals surface area (Å²) in [5.41, 5.74) is 0. The Hall–Kier alpha value is 0.931. The van der Waals surface area contributed by atoms with Crippen molar-refractivity contribution in [2.45, 2.75) is 90.8 Å². The molecule has 22 heteroatoms. The highest BCUT2D eigenvalue weighted by atomic mass is 32.2. The number of hydrogen-bond acceptors (Lipinski definition) is 16. The van der Waals surface area contributed by atoms with Crippen LogP contribution in [0.5, 0.6) is 0 Å². The molecule has 0 fully saturated rings. The van der Waals surface area contributed by atoms with Crippen LogP contribution >= 0.6 is 37.0 Å². The Bertz CT molecular complexity index is 582. The van der Waals surface area contributed by atoms with Crippen LogP contribution in [-0.4, -0.2) is 149 Å². The summed E-state index contributed by atoms with van der Waals surface area (Å²) >= 11 is 10.0. The Morgan fingerprint density at radius 2 is 1.00 bits per heavy atom. The van der Waals surface area contributed by atoms with Crippen molar-refractivity contribution in [3.05, 3.63) is 12.7 Å². The van der Waals surface area contributed by atoms with Gasteiger partial charge in [0.1, 0.15) is 0 Å². The van der Waals surface area contributed by atoms with Crippen molar-refractivity contribution in [3.63, 3.8) is 0 Å². The van der Waals surface area contributed by atoms with Gasteiger partial charge in [-0.15, -0.1) is 6.58 Å². The zero-order chi connectivity index (χ0) is 42.3. The van der Waals surface area contributed by atoms with Crippen molar-refractivity contribution in [1.82, 2.24) is 0 Å². The minimum atomic E-state index is -2.31.